The van der Waals surface area contributed by atoms with Gasteiger partial charge < -0.3 is 9.64 Å². The highest BCUT2D eigenvalue weighted by atomic mass is 79.9. The Balaban J connectivity index is 1.90. The average molecular weight is 401 g/mol. The van der Waals surface area contributed by atoms with Gasteiger partial charge in [-0.15, -0.1) is 13.2 Å². The van der Waals surface area contributed by atoms with E-state index in [1.54, 1.807) is 11.0 Å². The van der Waals surface area contributed by atoms with Crippen LogP contribution in [0.4, 0.5) is 27.8 Å². The molecule has 3 nitrogen and oxygen atoms in total. The van der Waals surface area contributed by atoms with Gasteiger partial charge in [-0.3, -0.25) is 0 Å². The number of ether oxygens (including phenoxy) is 1. The summed E-state index contributed by atoms with van der Waals surface area (Å²) in [6, 6.07) is 1.56. The van der Waals surface area contributed by atoms with Gasteiger partial charge in [0.15, 0.2) is 0 Å². The fourth-order valence-electron chi connectivity index (χ4n) is 2.62. The van der Waals surface area contributed by atoms with Crippen LogP contribution in [-0.4, -0.2) is 30.4 Å². The Kier molecular flexibility index (Phi) is 4.18. The van der Waals surface area contributed by atoms with Gasteiger partial charge in [-0.25, -0.2) is 8.78 Å². The first kappa shape index (κ1) is 16.7. The second-order valence-electron chi connectivity index (χ2n) is 5.85. The van der Waals surface area contributed by atoms with Crippen LogP contribution >= 0.6 is 15.9 Å². The molecule has 0 amide bonds. The topological polar surface area (TPSA) is 25.4 Å². The predicted octanol–water partition coefficient (Wildman–Crippen LogP) is 4.86. The summed E-state index contributed by atoms with van der Waals surface area (Å²) >= 11 is 3.29. The Morgan fingerprint density at radius 2 is 1.83 bits per heavy atom. The summed E-state index contributed by atoms with van der Waals surface area (Å²) in [4.78, 5) is 5.54. The van der Waals surface area contributed by atoms with Crippen molar-refractivity contribution < 1.29 is 26.7 Å². The van der Waals surface area contributed by atoms with Crippen LogP contribution < -0.4 is 9.64 Å². The minimum atomic E-state index is -4.84. The molecule has 1 saturated carbocycles. The highest BCUT2D eigenvalue weighted by Gasteiger charge is 2.38. The lowest BCUT2D eigenvalue weighted by molar-refractivity contribution is -0.276. The van der Waals surface area contributed by atoms with E-state index < -0.39 is 18.2 Å². The molecular formula is C14H14BrF5N2O. The van der Waals surface area contributed by atoms with Crippen LogP contribution in [0, 0.1) is 0 Å². The van der Waals surface area contributed by atoms with Crippen molar-refractivity contribution in [2.45, 2.75) is 43.9 Å². The van der Waals surface area contributed by atoms with Crippen LogP contribution in [-0.2, 0) is 0 Å². The summed E-state index contributed by atoms with van der Waals surface area (Å²) in [6.45, 7) is 0.0691. The van der Waals surface area contributed by atoms with Crippen molar-refractivity contribution in [3.05, 3.63) is 16.1 Å². The lowest BCUT2D eigenvalue weighted by atomic mass is 10.1. The molecule has 2 fully saturated rings. The second-order valence-corrected chi connectivity index (χ2v) is 6.71. The van der Waals surface area contributed by atoms with E-state index in [4.69, 9.17) is 0 Å². The molecule has 0 N–H and O–H groups in total. The molecule has 3 rings (SSSR count). The van der Waals surface area contributed by atoms with E-state index in [2.05, 4.69) is 25.7 Å². The van der Waals surface area contributed by atoms with Crippen molar-refractivity contribution in [3.63, 3.8) is 0 Å². The third-order valence-corrected chi connectivity index (χ3v) is 4.56. The van der Waals surface area contributed by atoms with Crippen molar-refractivity contribution in [2.24, 2.45) is 0 Å². The van der Waals surface area contributed by atoms with Gasteiger partial charge in [-0.2, -0.15) is 4.98 Å². The van der Waals surface area contributed by atoms with Gasteiger partial charge >= 0.3 is 6.36 Å². The summed E-state index contributed by atoms with van der Waals surface area (Å²) < 4.78 is 68.8. The fourth-order valence-corrected chi connectivity index (χ4v) is 3.21. The van der Waals surface area contributed by atoms with Crippen molar-refractivity contribution >= 4 is 21.7 Å². The van der Waals surface area contributed by atoms with Gasteiger partial charge in [0, 0.05) is 31.5 Å². The molecule has 0 atom stereocenters. The first-order valence-corrected chi connectivity index (χ1v) is 8.03. The van der Waals surface area contributed by atoms with E-state index in [1.807, 2.05) is 0 Å². The summed E-state index contributed by atoms with van der Waals surface area (Å²) in [6.07, 6.45) is -3.95. The standard InChI is InChI=1S/C14H14BrF5N2O/c15-10-7-9(8-1-2-8)12(23-14(18,19)20)21-11(10)22-5-3-13(16,17)4-6-22/h7-8H,1-6H2. The molecule has 0 spiro atoms. The van der Waals surface area contributed by atoms with Crippen LogP contribution in [0.3, 0.4) is 0 Å². The van der Waals surface area contributed by atoms with E-state index in [0.29, 0.717) is 10.0 Å². The van der Waals surface area contributed by atoms with Crippen LogP contribution in [0.15, 0.2) is 10.5 Å². The van der Waals surface area contributed by atoms with Crippen molar-refractivity contribution in [1.82, 2.24) is 4.98 Å². The molecule has 0 aromatic carbocycles. The van der Waals surface area contributed by atoms with E-state index in [0.717, 1.165) is 12.8 Å². The molecule has 1 aromatic rings. The minimum absolute atomic E-state index is 0.0101. The molecule has 9 heteroatoms. The molecule has 2 heterocycles. The zero-order valence-electron chi connectivity index (χ0n) is 12.0. The number of hydrogen-bond donors (Lipinski definition) is 0. The molecule has 0 unspecified atom stereocenters. The number of alkyl halides is 5. The molecule has 23 heavy (non-hydrogen) atoms. The van der Waals surface area contributed by atoms with E-state index >= 15 is 0 Å². The lowest BCUT2D eigenvalue weighted by Gasteiger charge is -2.33. The molecule has 0 bridgehead atoms. The van der Waals surface area contributed by atoms with E-state index in [-0.39, 0.29) is 37.7 Å². The Bertz CT molecular complexity index is 594. The number of nitrogens with zero attached hydrogens (tertiary/aromatic N) is 2. The normalized spacial score (nSPS) is 21.4. The third-order valence-electron chi connectivity index (χ3n) is 3.97. The van der Waals surface area contributed by atoms with Crippen molar-refractivity contribution in [3.8, 4) is 5.88 Å². The van der Waals surface area contributed by atoms with E-state index in [1.165, 1.54) is 0 Å². The van der Waals surface area contributed by atoms with Crippen LogP contribution in [0.5, 0.6) is 5.88 Å². The van der Waals surface area contributed by atoms with Gasteiger partial charge in [-0.05, 0) is 40.8 Å². The maximum absolute atomic E-state index is 13.2. The largest absolute Gasteiger partial charge is 0.574 e. The predicted molar refractivity (Wildman–Crippen MR) is 77.0 cm³/mol. The quantitative estimate of drug-likeness (QED) is 0.677. The zero-order chi connectivity index (χ0) is 16.8. The first-order chi connectivity index (χ1) is 10.6. The van der Waals surface area contributed by atoms with E-state index in [9.17, 15) is 22.0 Å². The molecule has 1 saturated heterocycles. The summed E-state index contributed by atoms with van der Waals surface area (Å²) in [5.74, 6) is -2.99. The smallest absolute Gasteiger partial charge is 0.387 e. The van der Waals surface area contributed by atoms with Crippen LogP contribution in [0.1, 0.15) is 37.2 Å². The molecule has 1 aromatic heterocycles. The van der Waals surface area contributed by atoms with Gasteiger partial charge in [0.2, 0.25) is 5.88 Å². The summed E-state index contributed by atoms with van der Waals surface area (Å²) in [7, 11) is 0. The Hall–Kier alpha value is -1.12. The van der Waals surface area contributed by atoms with Crippen LogP contribution in [0.2, 0.25) is 0 Å². The minimum Gasteiger partial charge on any atom is -0.387 e. The molecule has 1 aliphatic heterocycles. The van der Waals surface area contributed by atoms with Crippen LogP contribution in [0.25, 0.3) is 0 Å². The number of aromatic nitrogens is 1. The monoisotopic (exact) mass is 400 g/mol. The Morgan fingerprint density at radius 1 is 1.22 bits per heavy atom. The molecule has 128 valence electrons. The number of hydrogen-bond acceptors (Lipinski definition) is 3. The molecule has 0 radical (unpaired) electrons. The van der Waals surface area contributed by atoms with Gasteiger partial charge in [-0.1, -0.05) is 0 Å². The number of halogens is 6. The van der Waals surface area contributed by atoms with Crippen molar-refractivity contribution in [2.75, 3.05) is 18.0 Å². The summed E-state index contributed by atoms with van der Waals surface area (Å²) in [5, 5.41) is 0. The maximum Gasteiger partial charge on any atom is 0.574 e. The Labute approximate surface area is 137 Å². The second kappa shape index (κ2) is 5.75. The lowest BCUT2D eigenvalue weighted by Crippen LogP contribution is -2.40. The number of anilines is 1. The molecule has 2 aliphatic rings. The highest BCUT2D eigenvalue weighted by molar-refractivity contribution is 9.10. The number of pyridine rings is 1. The number of rotatable bonds is 3. The zero-order valence-corrected chi connectivity index (χ0v) is 13.6. The Morgan fingerprint density at radius 3 is 2.35 bits per heavy atom. The number of piperidine rings is 1. The first-order valence-electron chi connectivity index (χ1n) is 7.24. The molecule has 1 aliphatic carbocycles. The highest BCUT2D eigenvalue weighted by Crippen LogP contribution is 2.47. The van der Waals surface area contributed by atoms with Gasteiger partial charge in [0.25, 0.3) is 5.92 Å². The van der Waals surface area contributed by atoms with Gasteiger partial charge in [0.1, 0.15) is 5.82 Å². The SMILES string of the molecule is FC1(F)CCN(c2nc(OC(F)(F)F)c(C3CC3)cc2Br)CC1. The third kappa shape index (κ3) is 4.05. The van der Waals surface area contributed by atoms with Gasteiger partial charge in [0.05, 0.1) is 4.47 Å². The molecular weight excluding hydrogens is 387 g/mol. The maximum atomic E-state index is 13.2. The fraction of sp³-hybridized carbons (Fsp3) is 0.643. The summed E-state index contributed by atoms with van der Waals surface area (Å²) in [5.41, 5.74) is 0.403. The van der Waals surface area contributed by atoms with Crippen molar-refractivity contribution in [1.29, 1.82) is 0 Å². The average Bonchev–Trinajstić information content (AvgIpc) is 3.23.